The van der Waals surface area contributed by atoms with Crippen LogP contribution in [0, 0.1) is 5.41 Å². The maximum atomic E-state index is 5.57. The second-order valence-corrected chi connectivity index (χ2v) is 6.51. The van der Waals surface area contributed by atoms with Crippen molar-refractivity contribution >= 4 is 5.96 Å². The van der Waals surface area contributed by atoms with Crippen molar-refractivity contribution in [3.8, 4) is 5.75 Å². The van der Waals surface area contributed by atoms with Crippen LogP contribution in [0.25, 0.3) is 0 Å². The highest BCUT2D eigenvalue weighted by Gasteiger charge is 2.24. The number of nitrogens with one attached hydrogen (secondary N) is 2. The predicted octanol–water partition coefficient (Wildman–Crippen LogP) is 2.81. The van der Waals surface area contributed by atoms with Gasteiger partial charge in [-0.2, -0.15) is 0 Å². The lowest BCUT2D eigenvalue weighted by molar-refractivity contribution is 0.0205. The molecule has 1 atom stereocenters. The molecule has 23 heavy (non-hydrogen) atoms. The summed E-state index contributed by atoms with van der Waals surface area (Å²) in [5.74, 6) is 1.66. The Morgan fingerprint density at radius 1 is 1.13 bits per heavy atom. The van der Waals surface area contributed by atoms with E-state index in [2.05, 4.69) is 43.3 Å². The Bertz CT molecular complexity index is 478. The number of hydrogen-bond acceptors (Lipinski definition) is 3. The number of guanidine groups is 1. The third-order valence-corrected chi connectivity index (χ3v) is 3.63. The van der Waals surface area contributed by atoms with Gasteiger partial charge in [0.15, 0.2) is 5.96 Å². The lowest BCUT2D eigenvalue weighted by Gasteiger charge is -2.30. The molecule has 0 saturated carbocycles. The molecule has 0 saturated heterocycles. The third-order valence-electron chi connectivity index (χ3n) is 3.63. The van der Waals surface area contributed by atoms with Gasteiger partial charge >= 0.3 is 0 Å². The van der Waals surface area contributed by atoms with Gasteiger partial charge in [0.2, 0.25) is 0 Å². The molecule has 2 N–H and O–H groups in total. The van der Waals surface area contributed by atoms with Crippen LogP contribution in [0.1, 0.15) is 33.3 Å². The summed E-state index contributed by atoms with van der Waals surface area (Å²) < 4.78 is 10.7. The van der Waals surface area contributed by atoms with Gasteiger partial charge in [-0.25, -0.2) is 4.99 Å². The normalized spacial score (nSPS) is 13.6. The number of methoxy groups -OCH3 is 2. The van der Waals surface area contributed by atoms with Crippen LogP contribution in [0.4, 0.5) is 0 Å². The second-order valence-electron chi connectivity index (χ2n) is 6.51. The predicted molar refractivity (Wildman–Crippen MR) is 96.1 cm³/mol. The lowest BCUT2D eigenvalue weighted by Crippen LogP contribution is -2.45. The number of hydrogen-bond donors (Lipinski definition) is 2. The van der Waals surface area contributed by atoms with E-state index in [1.54, 1.807) is 14.2 Å². The highest BCUT2D eigenvalue weighted by molar-refractivity contribution is 5.79. The minimum absolute atomic E-state index is 0.0784. The topological polar surface area (TPSA) is 54.9 Å². The monoisotopic (exact) mass is 321 g/mol. The Hall–Kier alpha value is -1.75. The number of benzene rings is 1. The van der Waals surface area contributed by atoms with E-state index in [1.807, 2.05) is 24.3 Å². The highest BCUT2D eigenvalue weighted by Crippen LogP contribution is 2.20. The molecule has 0 heterocycles. The van der Waals surface area contributed by atoms with Gasteiger partial charge in [-0.1, -0.05) is 32.9 Å². The van der Waals surface area contributed by atoms with Crippen molar-refractivity contribution in [2.24, 2.45) is 10.4 Å². The molecule has 0 aliphatic rings. The summed E-state index contributed by atoms with van der Waals surface area (Å²) in [5, 5.41) is 6.63. The number of ether oxygens (including phenoxy) is 2. The van der Waals surface area contributed by atoms with Gasteiger partial charge in [-0.05, 0) is 30.0 Å². The fraction of sp³-hybridized carbons (Fsp3) is 0.611. The molecule has 0 spiro atoms. The van der Waals surface area contributed by atoms with Gasteiger partial charge in [-0.15, -0.1) is 0 Å². The zero-order chi connectivity index (χ0) is 17.3. The molecular formula is C18H31N3O2. The molecule has 0 bridgehead atoms. The molecule has 0 aromatic heterocycles. The Morgan fingerprint density at radius 3 is 2.26 bits per heavy atom. The van der Waals surface area contributed by atoms with E-state index < -0.39 is 0 Å². The molecule has 0 fully saturated rings. The molecule has 5 heteroatoms. The number of aliphatic imine (C=N–C) groups is 1. The summed E-state index contributed by atoms with van der Waals surface area (Å²) in [6.45, 7) is 10.7. The van der Waals surface area contributed by atoms with Gasteiger partial charge in [-0.3, -0.25) is 0 Å². The second kappa shape index (κ2) is 9.40. The largest absolute Gasteiger partial charge is 0.497 e. The fourth-order valence-electron chi connectivity index (χ4n) is 2.18. The first kappa shape index (κ1) is 19.3. The number of nitrogens with zero attached hydrogens (tertiary/aromatic N) is 1. The summed E-state index contributed by atoms with van der Waals surface area (Å²) in [6, 6.07) is 7.95. The molecule has 5 nitrogen and oxygen atoms in total. The van der Waals surface area contributed by atoms with Crippen LogP contribution < -0.4 is 15.4 Å². The average molecular weight is 321 g/mol. The van der Waals surface area contributed by atoms with Crippen LogP contribution in [0.2, 0.25) is 0 Å². The maximum Gasteiger partial charge on any atom is 0.191 e. The molecule has 0 radical (unpaired) electrons. The molecule has 1 rings (SSSR count). The molecule has 0 aliphatic carbocycles. The van der Waals surface area contributed by atoms with Crippen molar-refractivity contribution < 1.29 is 9.47 Å². The molecule has 130 valence electrons. The molecule has 1 aromatic carbocycles. The van der Waals surface area contributed by atoms with Gasteiger partial charge < -0.3 is 20.1 Å². The minimum atomic E-state index is 0.0784. The smallest absolute Gasteiger partial charge is 0.191 e. The van der Waals surface area contributed by atoms with Crippen molar-refractivity contribution in [2.45, 2.75) is 40.3 Å². The van der Waals surface area contributed by atoms with E-state index in [-0.39, 0.29) is 11.5 Å². The van der Waals surface area contributed by atoms with Crippen molar-refractivity contribution in [3.63, 3.8) is 0 Å². The van der Waals surface area contributed by atoms with Gasteiger partial charge in [0.05, 0.1) is 19.8 Å². The SMILES string of the molecule is CCNC(=NCc1ccc(OC)cc1)NCC(OC)C(C)(C)C. The van der Waals surface area contributed by atoms with E-state index in [4.69, 9.17) is 9.47 Å². The van der Waals surface area contributed by atoms with Crippen molar-refractivity contribution in [1.29, 1.82) is 0 Å². The van der Waals surface area contributed by atoms with Crippen LogP contribution in [-0.2, 0) is 11.3 Å². The van der Waals surface area contributed by atoms with Crippen molar-refractivity contribution in [1.82, 2.24) is 10.6 Å². The fourth-order valence-corrected chi connectivity index (χ4v) is 2.18. The van der Waals surface area contributed by atoms with Crippen LogP contribution in [0.5, 0.6) is 5.75 Å². The van der Waals surface area contributed by atoms with Crippen molar-refractivity contribution in [3.05, 3.63) is 29.8 Å². The molecule has 1 aromatic rings. The summed E-state index contributed by atoms with van der Waals surface area (Å²) >= 11 is 0. The Labute approximate surface area is 140 Å². The van der Waals surface area contributed by atoms with Crippen LogP contribution in [-0.4, -0.2) is 39.4 Å². The lowest BCUT2D eigenvalue weighted by atomic mass is 9.89. The summed E-state index contributed by atoms with van der Waals surface area (Å²) in [5.41, 5.74) is 1.22. The first-order valence-corrected chi connectivity index (χ1v) is 8.08. The minimum Gasteiger partial charge on any atom is -0.497 e. The Balaban J connectivity index is 2.65. The molecular weight excluding hydrogens is 290 g/mol. The van der Waals surface area contributed by atoms with Crippen LogP contribution in [0.3, 0.4) is 0 Å². The standard InChI is InChI=1S/C18H31N3O2/c1-7-19-17(21-13-16(23-6)18(2,3)4)20-12-14-8-10-15(22-5)11-9-14/h8-11,16H,7,12-13H2,1-6H3,(H2,19,20,21). The summed E-state index contributed by atoms with van der Waals surface area (Å²) in [6.07, 6.45) is 0.118. The van der Waals surface area contributed by atoms with Crippen LogP contribution in [0.15, 0.2) is 29.3 Å². The first-order valence-electron chi connectivity index (χ1n) is 8.08. The summed E-state index contributed by atoms with van der Waals surface area (Å²) in [4.78, 5) is 4.63. The third kappa shape index (κ3) is 6.91. The zero-order valence-corrected chi connectivity index (χ0v) is 15.3. The first-order chi connectivity index (χ1) is 10.9. The Morgan fingerprint density at radius 2 is 1.78 bits per heavy atom. The highest BCUT2D eigenvalue weighted by atomic mass is 16.5. The summed E-state index contributed by atoms with van der Waals surface area (Å²) in [7, 11) is 3.42. The van der Waals surface area contributed by atoms with Gasteiger partial charge in [0.1, 0.15) is 5.75 Å². The van der Waals surface area contributed by atoms with Gasteiger partial charge in [0.25, 0.3) is 0 Å². The van der Waals surface area contributed by atoms with E-state index in [1.165, 1.54) is 0 Å². The number of rotatable bonds is 7. The van der Waals surface area contributed by atoms with E-state index in [9.17, 15) is 0 Å². The van der Waals surface area contributed by atoms with E-state index >= 15 is 0 Å². The molecule has 0 amide bonds. The molecule has 0 aliphatic heterocycles. The van der Waals surface area contributed by atoms with E-state index in [0.717, 1.165) is 23.8 Å². The van der Waals surface area contributed by atoms with Crippen molar-refractivity contribution in [2.75, 3.05) is 27.3 Å². The quantitative estimate of drug-likeness (QED) is 0.599. The maximum absolute atomic E-state index is 5.57. The van der Waals surface area contributed by atoms with E-state index in [0.29, 0.717) is 13.1 Å². The van der Waals surface area contributed by atoms with Gasteiger partial charge in [0, 0.05) is 20.2 Å². The van der Waals surface area contributed by atoms with Crippen LogP contribution >= 0.6 is 0 Å². The molecule has 1 unspecified atom stereocenters. The average Bonchev–Trinajstić information content (AvgIpc) is 2.52. The Kier molecular flexibility index (Phi) is 7.89. The zero-order valence-electron chi connectivity index (χ0n) is 15.3.